The van der Waals surface area contributed by atoms with Crippen molar-refractivity contribution in [1.82, 2.24) is 14.5 Å². The third-order valence-corrected chi connectivity index (χ3v) is 3.22. The van der Waals surface area contributed by atoms with Gasteiger partial charge in [0.25, 0.3) is 0 Å². The Labute approximate surface area is 105 Å². The average Bonchev–Trinajstić information content (AvgIpc) is 3.03. The maximum atomic E-state index is 5.45. The molecule has 0 fully saturated rings. The number of nitrogens with zero attached hydrogens (tertiary/aromatic N) is 2. The molecule has 4 nitrogen and oxygen atoms in total. The molecular weight excluding hydrogens is 226 g/mol. The molecule has 0 radical (unpaired) electrons. The lowest BCUT2D eigenvalue weighted by Gasteiger charge is -2.06. The zero-order valence-corrected chi connectivity index (χ0v) is 10.5. The molecule has 4 heteroatoms. The summed E-state index contributed by atoms with van der Waals surface area (Å²) in [5.74, 6) is 0.882. The molecule has 2 aromatic heterocycles. The van der Waals surface area contributed by atoms with Crippen LogP contribution in [0.2, 0.25) is 0 Å². The molecule has 3 aromatic rings. The lowest BCUT2D eigenvalue weighted by Crippen LogP contribution is -1.94. The van der Waals surface area contributed by atoms with E-state index < -0.39 is 0 Å². The number of methoxy groups -OCH3 is 1. The van der Waals surface area contributed by atoms with Crippen LogP contribution in [0, 0.1) is 0 Å². The van der Waals surface area contributed by atoms with Crippen LogP contribution in [-0.2, 0) is 6.54 Å². The summed E-state index contributed by atoms with van der Waals surface area (Å²) >= 11 is 0. The highest BCUT2D eigenvalue weighted by Crippen LogP contribution is 2.34. The Morgan fingerprint density at radius 2 is 2.28 bits per heavy atom. The van der Waals surface area contributed by atoms with Crippen molar-refractivity contribution in [3.05, 3.63) is 36.9 Å². The van der Waals surface area contributed by atoms with E-state index in [-0.39, 0.29) is 0 Å². The van der Waals surface area contributed by atoms with E-state index in [9.17, 15) is 0 Å². The highest BCUT2D eigenvalue weighted by molar-refractivity contribution is 5.99. The van der Waals surface area contributed by atoms with Crippen LogP contribution in [0.4, 0.5) is 0 Å². The number of aryl methyl sites for hydroxylation is 1. The second-order valence-corrected chi connectivity index (χ2v) is 4.15. The van der Waals surface area contributed by atoms with Crippen LogP contribution in [0.15, 0.2) is 36.9 Å². The van der Waals surface area contributed by atoms with Gasteiger partial charge in [0.05, 0.1) is 30.7 Å². The topological polar surface area (TPSA) is 42.8 Å². The molecule has 1 N–H and O–H groups in total. The van der Waals surface area contributed by atoms with Crippen LogP contribution in [0.5, 0.6) is 5.75 Å². The molecule has 92 valence electrons. The molecule has 2 heterocycles. The molecule has 0 amide bonds. The molecule has 0 saturated carbocycles. The molecule has 0 bridgehead atoms. The standard InChI is InChI=1S/C14H15N3O/c1-3-17-9-15-8-12(17)10-7-16-11-5-4-6-13(18-2)14(10)11/h4-9,16H,3H2,1-2H3. The summed E-state index contributed by atoms with van der Waals surface area (Å²) in [6.07, 6.45) is 5.75. The van der Waals surface area contributed by atoms with Crippen molar-refractivity contribution in [3.8, 4) is 17.0 Å². The minimum absolute atomic E-state index is 0.882. The van der Waals surface area contributed by atoms with Gasteiger partial charge in [-0.25, -0.2) is 4.98 Å². The number of ether oxygens (including phenoxy) is 1. The predicted molar refractivity (Wildman–Crippen MR) is 71.7 cm³/mol. The van der Waals surface area contributed by atoms with Gasteiger partial charge >= 0.3 is 0 Å². The minimum Gasteiger partial charge on any atom is -0.496 e. The Balaban J connectivity index is 2.30. The Morgan fingerprint density at radius 3 is 3.06 bits per heavy atom. The zero-order chi connectivity index (χ0) is 12.5. The highest BCUT2D eigenvalue weighted by Gasteiger charge is 2.13. The lowest BCUT2D eigenvalue weighted by molar-refractivity contribution is 0.420. The number of imidazole rings is 1. The summed E-state index contributed by atoms with van der Waals surface area (Å²) in [4.78, 5) is 7.50. The van der Waals surface area contributed by atoms with Gasteiger partial charge in [0, 0.05) is 23.8 Å². The molecule has 3 rings (SSSR count). The van der Waals surface area contributed by atoms with Gasteiger partial charge < -0.3 is 14.3 Å². The van der Waals surface area contributed by atoms with E-state index in [1.165, 1.54) is 0 Å². The number of nitrogens with one attached hydrogen (secondary N) is 1. The molecule has 1 aromatic carbocycles. The smallest absolute Gasteiger partial charge is 0.128 e. The molecule has 0 saturated heterocycles. The number of benzene rings is 1. The maximum absolute atomic E-state index is 5.45. The molecule has 0 atom stereocenters. The first kappa shape index (κ1) is 10.9. The van der Waals surface area contributed by atoms with Crippen LogP contribution < -0.4 is 4.74 Å². The van der Waals surface area contributed by atoms with E-state index in [0.29, 0.717) is 0 Å². The van der Waals surface area contributed by atoms with Gasteiger partial charge in [-0.1, -0.05) is 6.07 Å². The number of aromatic amines is 1. The largest absolute Gasteiger partial charge is 0.496 e. The van der Waals surface area contributed by atoms with E-state index >= 15 is 0 Å². The fourth-order valence-corrected chi connectivity index (χ4v) is 2.32. The predicted octanol–water partition coefficient (Wildman–Crippen LogP) is 3.06. The third kappa shape index (κ3) is 1.49. The van der Waals surface area contributed by atoms with Gasteiger partial charge in [0.1, 0.15) is 5.75 Å². The van der Waals surface area contributed by atoms with Gasteiger partial charge in [0.15, 0.2) is 0 Å². The molecule has 0 spiro atoms. The van der Waals surface area contributed by atoms with Crippen molar-refractivity contribution >= 4 is 10.9 Å². The SMILES string of the molecule is CCn1cncc1-c1c[nH]c2cccc(OC)c12. The van der Waals surface area contributed by atoms with E-state index in [4.69, 9.17) is 4.74 Å². The number of aromatic nitrogens is 3. The normalized spacial score (nSPS) is 11.0. The van der Waals surface area contributed by atoms with Crippen LogP contribution >= 0.6 is 0 Å². The highest BCUT2D eigenvalue weighted by atomic mass is 16.5. The van der Waals surface area contributed by atoms with Crippen molar-refractivity contribution < 1.29 is 4.74 Å². The van der Waals surface area contributed by atoms with E-state index in [1.807, 2.05) is 36.9 Å². The molecule has 0 aliphatic carbocycles. The Hall–Kier alpha value is -2.23. The first-order valence-corrected chi connectivity index (χ1v) is 5.99. The summed E-state index contributed by atoms with van der Waals surface area (Å²) in [7, 11) is 1.70. The number of H-pyrrole nitrogens is 1. The van der Waals surface area contributed by atoms with Gasteiger partial charge in [-0.2, -0.15) is 0 Å². The molecule has 18 heavy (non-hydrogen) atoms. The Kier molecular flexibility index (Phi) is 2.55. The van der Waals surface area contributed by atoms with Crippen LogP contribution in [0.1, 0.15) is 6.92 Å². The number of rotatable bonds is 3. The second-order valence-electron chi connectivity index (χ2n) is 4.15. The van der Waals surface area contributed by atoms with E-state index in [1.54, 1.807) is 7.11 Å². The lowest BCUT2D eigenvalue weighted by atomic mass is 10.1. The summed E-state index contributed by atoms with van der Waals surface area (Å²) in [6, 6.07) is 6.01. The van der Waals surface area contributed by atoms with Crippen LogP contribution in [-0.4, -0.2) is 21.6 Å². The summed E-state index contributed by atoms with van der Waals surface area (Å²) < 4.78 is 7.57. The fraction of sp³-hybridized carbons (Fsp3) is 0.214. The maximum Gasteiger partial charge on any atom is 0.128 e. The fourth-order valence-electron chi connectivity index (χ4n) is 2.32. The third-order valence-electron chi connectivity index (χ3n) is 3.22. The molecule has 0 aliphatic rings. The summed E-state index contributed by atoms with van der Waals surface area (Å²) in [5.41, 5.74) is 3.31. The minimum atomic E-state index is 0.882. The molecule has 0 unspecified atom stereocenters. The number of hydrogen-bond donors (Lipinski definition) is 1. The average molecular weight is 241 g/mol. The first-order valence-electron chi connectivity index (χ1n) is 5.99. The number of fused-ring (bicyclic) bond motifs is 1. The second kappa shape index (κ2) is 4.22. The van der Waals surface area contributed by atoms with Crippen molar-refractivity contribution in [1.29, 1.82) is 0 Å². The van der Waals surface area contributed by atoms with Crippen molar-refractivity contribution in [2.75, 3.05) is 7.11 Å². The van der Waals surface area contributed by atoms with Gasteiger partial charge in [-0.05, 0) is 19.1 Å². The van der Waals surface area contributed by atoms with E-state index in [0.717, 1.165) is 34.5 Å². The summed E-state index contributed by atoms with van der Waals surface area (Å²) in [5, 5.41) is 1.11. The summed E-state index contributed by atoms with van der Waals surface area (Å²) in [6.45, 7) is 3.01. The van der Waals surface area contributed by atoms with Crippen LogP contribution in [0.25, 0.3) is 22.2 Å². The molecule has 0 aliphatic heterocycles. The van der Waals surface area contributed by atoms with Crippen molar-refractivity contribution in [2.45, 2.75) is 13.5 Å². The number of hydrogen-bond acceptors (Lipinski definition) is 2. The quantitative estimate of drug-likeness (QED) is 0.765. The Bertz CT molecular complexity index is 681. The van der Waals surface area contributed by atoms with Crippen molar-refractivity contribution in [2.24, 2.45) is 0 Å². The molecular formula is C14H15N3O. The zero-order valence-electron chi connectivity index (χ0n) is 10.5. The monoisotopic (exact) mass is 241 g/mol. The van der Waals surface area contributed by atoms with Gasteiger partial charge in [-0.15, -0.1) is 0 Å². The Morgan fingerprint density at radius 1 is 1.39 bits per heavy atom. The van der Waals surface area contributed by atoms with Crippen LogP contribution in [0.3, 0.4) is 0 Å². The van der Waals surface area contributed by atoms with Gasteiger partial charge in [-0.3, -0.25) is 0 Å². The van der Waals surface area contributed by atoms with E-state index in [2.05, 4.69) is 21.5 Å². The van der Waals surface area contributed by atoms with Gasteiger partial charge in [0.2, 0.25) is 0 Å². The first-order chi connectivity index (χ1) is 8.85. The van der Waals surface area contributed by atoms with Crippen molar-refractivity contribution in [3.63, 3.8) is 0 Å².